The van der Waals surface area contributed by atoms with Crippen molar-refractivity contribution in [1.82, 2.24) is 15.5 Å². The monoisotopic (exact) mass is 241 g/mol. The van der Waals surface area contributed by atoms with E-state index in [1.165, 1.54) is 0 Å². The minimum absolute atomic E-state index is 0.0381. The van der Waals surface area contributed by atoms with Crippen molar-refractivity contribution in [2.24, 2.45) is 5.92 Å². The van der Waals surface area contributed by atoms with Gasteiger partial charge in [0.15, 0.2) is 0 Å². The molecule has 2 N–H and O–H groups in total. The Morgan fingerprint density at radius 2 is 2.18 bits per heavy atom. The SMILES string of the molecule is CCCNCC(=O)N1CCCC(C(=O)NC)C1. The van der Waals surface area contributed by atoms with Gasteiger partial charge in [0.25, 0.3) is 0 Å². The van der Waals surface area contributed by atoms with Gasteiger partial charge in [-0.05, 0) is 25.8 Å². The molecule has 1 rings (SSSR count). The molecule has 98 valence electrons. The summed E-state index contributed by atoms with van der Waals surface area (Å²) in [6.45, 7) is 4.65. The highest BCUT2D eigenvalue weighted by Gasteiger charge is 2.27. The molecule has 1 aliphatic heterocycles. The van der Waals surface area contributed by atoms with Crippen LogP contribution in [0, 0.1) is 5.92 Å². The van der Waals surface area contributed by atoms with Crippen LogP contribution in [0.2, 0.25) is 0 Å². The summed E-state index contributed by atoms with van der Waals surface area (Å²) in [5, 5.41) is 5.75. The molecule has 1 fully saturated rings. The third-order valence-electron chi connectivity index (χ3n) is 3.09. The molecular formula is C12H23N3O2. The fraction of sp³-hybridized carbons (Fsp3) is 0.833. The minimum atomic E-state index is -0.0381. The zero-order chi connectivity index (χ0) is 12.7. The van der Waals surface area contributed by atoms with Crippen molar-refractivity contribution < 1.29 is 9.59 Å². The first-order chi connectivity index (χ1) is 8.19. The first-order valence-electron chi connectivity index (χ1n) is 6.39. The topological polar surface area (TPSA) is 61.4 Å². The molecule has 1 heterocycles. The van der Waals surface area contributed by atoms with Crippen LogP contribution in [0.5, 0.6) is 0 Å². The maximum absolute atomic E-state index is 11.9. The van der Waals surface area contributed by atoms with Crippen LogP contribution in [0.25, 0.3) is 0 Å². The molecule has 5 heteroatoms. The van der Waals surface area contributed by atoms with Crippen molar-refractivity contribution in [2.45, 2.75) is 26.2 Å². The molecule has 0 aromatic heterocycles. The van der Waals surface area contributed by atoms with Crippen LogP contribution in [0.15, 0.2) is 0 Å². The number of nitrogens with zero attached hydrogens (tertiary/aromatic N) is 1. The molecule has 5 nitrogen and oxygen atoms in total. The van der Waals surface area contributed by atoms with Crippen LogP contribution in [-0.4, -0.2) is 49.9 Å². The third kappa shape index (κ3) is 4.34. The maximum Gasteiger partial charge on any atom is 0.236 e. The van der Waals surface area contributed by atoms with E-state index in [0.717, 1.165) is 32.4 Å². The summed E-state index contributed by atoms with van der Waals surface area (Å²) in [7, 11) is 1.64. The van der Waals surface area contributed by atoms with Gasteiger partial charge < -0.3 is 15.5 Å². The average Bonchev–Trinajstić information content (AvgIpc) is 2.38. The highest BCUT2D eigenvalue weighted by atomic mass is 16.2. The number of amides is 2. The van der Waals surface area contributed by atoms with E-state index in [-0.39, 0.29) is 17.7 Å². The molecule has 0 aliphatic carbocycles. The summed E-state index contributed by atoms with van der Waals surface area (Å²) in [5.74, 6) is 0.111. The van der Waals surface area contributed by atoms with E-state index >= 15 is 0 Å². The fourth-order valence-corrected chi connectivity index (χ4v) is 2.11. The van der Waals surface area contributed by atoms with Gasteiger partial charge in [0, 0.05) is 20.1 Å². The summed E-state index contributed by atoms with van der Waals surface area (Å²) < 4.78 is 0. The Bertz CT molecular complexity index is 268. The van der Waals surface area contributed by atoms with Gasteiger partial charge in [-0.3, -0.25) is 9.59 Å². The van der Waals surface area contributed by atoms with E-state index < -0.39 is 0 Å². The summed E-state index contributed by atoms with van der Waals surface area (Å²) in [5.41, 5.74) is 0. The van der Waals surface area contributed by atoms with Crippen molar-refractivity contribution in [3.63, 3.8) is 0 Å². The quantitative estimate of drug-likeness (QED) is 0.665. The predicted molar refractivity (Wildman–Crippen MR) is 66.5 cm³/mol. The van der Waals surface area contributed by atoms with Crippen molar-refractivity contribution in [1.29, 1.82) is 0 Å². The summed E-state index contributed by atoms with van der Waals surface area (Å²) in [6, 6.07) is 0. The maximum atomic E-state index is 11.9. The van der Waals surface area contributed by atoms with Gasteiger partial charge in [-0.15, -0.1) is 0 Å². The first kappa shape index (κ1) is 14.0. The molecule has 0 spiro atoms. The van der Waals surface area contributed by atoms with Crippen molar-refractivity contribution >= 4 is 11.8 Å². The standard InChI is InChI=1S/C12H23N3O2/c1-3-6-14-8-11(16)15-7-4-5-10(9-15)12(17)13-2/h10,14H,3-9H2,1-2H3,(H,13,17). The molecule has 1 saturated heterocycles. The second kappa shape index (κ2) is 7.27. The largest absolute Gasteiger partial charge is 0.359 e. The molecule has 0 aromatic carbocycles. The van der Waals surface area contributed by atoms with Gasteiger partial charge in [-0.25, -0.2) is 0 Å². The molecule has 1 atom stereocenters. The highest BCUT2D eigenvalue weighted by molar-refractivity contribution is 5.81. The number of hydrogen-bond donors (Lipinski definition) is 2. The lowest BCUT2D eigenvalue weighted by atomic mass is 9.97. The average molecular weight is 241 g/mol. The van der Waals surface area contributed by atoms with E-state index in [1.54, 1.807) is 11.9 Å². The third-order valence-corrected chi connectivity index (χ3v) is 3.09. The summed E-state index contributed by atoms with van der Waals surface area (Å²) in [6.07, 6.45) is 2.82. The van der Waals surface area contributed by atoms with Crippen LogP contribution in [-0.2, 0) is 9.59 Å². The number of rotatable bonds is 5. The lowest BCUT2D eigenvalue weighted by Gasteiger charge is -2.31. The number of nitrogens with one attached hydrogen (secondary N) is 2. The minimum Gasteiger partial charge on any atom is -0.359 e. The van der Waals surface area contributed by atoms with Crippen LogP contribution in [0.1, 0.15) is 26.2 Å². The van der Waals surface area contributed by atoms with Crippen LogP contribution >= 0.6 is 0 Å². The Kier molecular flexibility index (Phi) is 5.97. The molecule has 0 saturated carbocycles. The number of carbonyl (C=O) groups excluding carboxylic acids is 2. The molecule has 0 aromatic rings. The number of piperidine rings is 1. The van der Waals surface area contributed by atoms with E-state index in [0.29, 0.717) is 13.1 Å². The molecule has 1 aliphatic rings. The second-order valence-electron chi connectivity index (χ2n) is 4.47. The van der Waals surface area contributed by atoms with Gasteiger partial charge in [0.1, 0.15) is 0 Å². The van der Waals surface area contributed by atoms with Gasteiger partial charge >= 0.3 is 0 Å². The van der Waals surface area contributed by atoms with Crippen LogP contribution < -0.4 is 10.6 Å². The van der Waals surface area contributed by atoms with Gasteiger partial charge in [0.05, 0.1) is 12.5 Å². The number of hydrogen-bond acceptors (Lipinski definition) is 3. The lowest BCUT2D eigenvalue weighted by molar-refractivity contribution is -0.134. The highest BCUT2D eigenvalue weighted by Crippen LogP contribution is 2.16. The Balaban J connectivity index is 2.37. The van der Waals surface area contributed by atoms with E-state index in [4.69, 9.17) is 0 Å². The Morgan fingerprint density at radius 3 is 2.82 bits per heavy atom. The lowest BCUT2D eigenvalue weighted by Crippen LogP contribution is -2.47. The summed E-state index contributed by atoms with van der Waals surface area (Å²) in [4.78, 5) is 25.2. The Morgan fingerprint density at radius 1 is 1.41 bits per heavy atom. The normalized spacial score (nSPS) is 20.1. The van der Waals surface area contributed by atoms with Gasteiger partial charge in [-0.1, -0.05) is 6.92 Å². The zero-order valence-corrected chi connectivity index (χ0v) is 10.8. The number of likely N-dealkylation sites (tertiary alicyclic amines) is 1. The Labute approximate surface area is 103 Å². The fourth-order valence-electron chi connectivity index (χ4n) is 2.11. The Hall–Kier alpha value is -1.10. The van der Waals surface area contributed by atoms with Crippen LogP contribution in [0.3, 0.4) is 0 Å². The molecule has 0 radical (unpaired) electrons. The molecular weight excluding hydrogens is 218 g/mol. The molecule has 0 bridgehead atoms. The molecule has 1 unspecified atom stereocenters. The smallest absolute Gasteiger partial charge is 0.236 e. The molecule has 2 amide bonds. The van der Waals surface area contributed by atoms with Gasteiger partial charge in [-0.2, -0.15) is 0 Å². The van der Waals surface area contributed by atoms with Crippen LogP contribution in [0.4, 0.5) is 0 Å². The van der Waals surface area contributed by atoms with E-state index in [9.17, 15) is 9.59 Å². The molecule has 17 heavy (non-hydrogen) atoms. The van der Waals surface area contributed by atoms with Crippen molar-refractivity contribution in [3.8, 4) is 0 Å². The van der Waals surface area contributed by atoms with Crippen molar-refractivity contribution in [2.75, 3.05) is 33.2 Å². The summed E-state index contributed by atoms with van der Waals surface area (Å²) >= 11 is 0. The van der Waals surface area contributed by atoms with Crippen molar-refractivity contribution in [3.05, 3.63) is 0 Å². The zero-order valence-electron chi connectivity index (χ0n) is 10.8. The predicted octanol–water partition coefficient (Wildman–Crippen LogP) is -0.0294. The first-order valence-corrected chi connectivity index (χ1v) is 6.39. The number of carbonyl (C=O) groups is 2. The van der Waals surface area contributed by atoms with E-state index in [2.05, 4.69) is 17.6 Å². The van der Waals surface area contributed by atoms with Gasteiger partial charge in [0.2, 0.25) is 11.8 Å². The van der Waals surface area contributed by atoms with E-state index in [1.807, 2.05) is 0 Å². The second-order valence-corrected chi connectivity index (χ2v) is 4.47.